The smallest absolute Gasteiger partial charge is 0.0471 e. The average molecular weight is 237 g/mol. The van der Waals surface area contributed by atoms with Gasteiger partial charge in [-0.25, -0.2) is 0 Å². The van der Waals surface area contributed by atoms with Gasteiger partial charge in [-0.05, 0) is 5.92 Å². The zero-order chi connectivity index (χ0) is 15.0. The Balaban J connectivity index is -0.0000000214. The van der Waals surface area contributed by atoms with Gasteiger partial charge in [-0.3, -0.25) is 0 Å². The van der Waals surface area contributed by atoms with Gasteiger partial charge in [0.05, 0.1) is 0 Å². The summed E-state index contributed by atoms with van der Waals surface area (Å²) in [5.74, 6) is 0.898. The first-order valence-corrected chi connectivity index (χ1v) is 7.77. The standard InChI is InChI=1S/C6H14.5C2H6/c1-4-5-6(2)3;5*1-2/h6H,4-5H2,1-3H3;5*1-2H3. The molecular weight excluding hydrogens is 192 g/mol. The summed E-state index contributed by atoms with van der Waals surface area (Å²) in [4.78, 5) is 0. The maximum Gasteiger partial charge on any atom is -0.0471 e. The maximum atomic E-state index is 2.25. The molecule has 0 unspecified atom stereocenters. The van der Waals surface area contributed by atoms with E-state index in [-0.39, 0.29) is 0 Å². The van der Waals surface area contributed by atoms with Crippen molar-refractivity contribution in [1.82, 2.24) is 0 Å². The molecule has 0 saturated heterocycles. The third-order valence-electron chi connectivity index (χ3n) is 0.866. The highest BCUT2D eigenvalue weighted by atomic mass is 13.9. The monoisotopic (exact) mass is 236 g/mol. The van der Waals surface area contributed by atoms with Crippen LogP contribution in [0.25, 0.3) is 0 Å². The number of hydrogen-bond donors (Lipinski definition) is 0. The lowest BCUT2D eigenvalue weighted by molar-refractivity contribution is 0.576. The van der Waals surface area contributed by atoms with Gasteiger partial charge < -0.3 is 0 Å². The lowest BCUT2D eigenvalue weighted by Gasteiger charge is -1.95. The van der Waals surface area contributed by atoms with Gasteiger partial charge in [0.2, 0.25) is 0 Å². The molecule has 0 heterocycles. The fourth-order valence-corrected chi connectivity index (χ4v) is 0.577. The van der Waals surface area contributed by atoms with Crippen molar-refractivity contribution in [3.8, 4) is 0 Å². The van der Waals surface area contributed by atoms with Crippen LogP contribution in [0.3, 0.4) is 0 Å². The third-order valence-corrected chi connectivity index (χ3v) is 0.866. The predicted octanol–water partition coefficient (Wildman–Crippen LogP) is 7.57. The molecule has 0 fully saturated rings. The minimum atomic E-state index is 0.898. The molecule has 0 nitrogen and oxygen atoms in total. The van der Waals surface area contributed by atoms with Gasteiger partial charge in [0.25, 0.3) is 0 Å². The summed E-state index contributed by atoms with van der Waals surface area (Å²) in [6.07, 6.45) is 2.71. The fraction of sp³-hybridized carbons (Fsp3) is 1.00. The van der Waals surface area contributed by atoms with Crippen LogP contribution in [0, 0.1) is 5.92 Å². The zero-order valence-corrected chi connectivity index (χ0v) is 15.0. The molecule has 0 amide bonds. The second kappa shape index (κ2) is 118. The van der Waals surface area contributed by atoms with Crippen LogP contribution in [-0.4, -0.2) is 0 Å². The highest BCUT2D eigenvalue weighted by Crippen LogP contribution is 2.00. The van der Waals surface area contributed by atoms with Crippen LogP contribution in [0.1, 0.15) is 103 Å². The largest absolute Gasteiger partial charge is 0.0683 e. The van der Waals surface area contributed by atoms with E-state index in [9.17, 15) is 0 Å². The van der Waals surface area contributed by atoms with Crippen LogP contribution >= 0.6 is 0 Å². The Morgan fingerprint density at radius 3 is 0.750 bits per heavy atom. The van der Waals surface area contributed by atoms with Crippen molar-refractivity contribution in [2.24, 2.45) is 5.92 Å². The Labute approximate surface area is 109 Å². The van der Waals surface area contributed by atoms with E-state index in [1.165, 1.54) is 12.8 Å². The summed E-state index contributed by atoms with van der Waals surface area (Å²) in [7, 11) is 0. The van der Waals surface area contributed by atoms with Crippen molar-refractivity contribution in [3.63, 3.8) is 0 Å². The van der Waals surface area contributed by atoms with Gasteiger partial charge in [0, 0.05) is 0 Å². The molecule has 0 aliphatic carbocycles. The zero-order valence-electron chi connectivity index (χ0n) is 15.0. The van der Waals surface area contributed by atoms with Crippen molar-refractivity contribution in [2.45, 2.75) is 103 Å². The Hall–Kier alpha value is 0. The Kier molecular flexibility index (Phi) is 265. The van der Waals surface area contributed by atoms with E-state index >= 15 is 0 Å². The lowest BCUT2D eigenvalue weighted by atomic mass is 10.1. The lowest BCUT2D eigenvalue weighted by Crippen LogP contribution is -1.81. The molecule has 0 heteroatoms. The molecule has 0 aliphatic heterocycles. The first-order chi connectivity index (χ1) is 7.77. The molecular formula is C16H44. The summed E-state index contributed by atoms with van der Waals surface area (Å²) in [6, 6.07) is 0. The van der Waals surface area contributed by atoms with Crippen LogP contribution in [0.4, 0.5) is 0 Å². The summed E-state index contributed by atoms with van der Waals surface area (Å²) >= 11 is 0. The van der Waals surface area contributed by atoms with Crippen LogP contribution in [0.2, 0.25) is 0 Å². The van der Waals surface area contributed by atoms with Crippen LogP contribution in [-0.2, 0) is 0 Å². The van der Waals surface area contributed by atoms with Crippen molar-refractivity contribution in [3.05, 3.63) is 0 Å². The summed E-state index contributed by atoms with van der Waals surface area (Å²) < 4.78 is 0. The van der Waals surface area contributed by atoms with Crippen molar-refractivity contribution in [1.29, 1.82) is 0 Å². The summed E-state index contributed by atoms with van der Waals surface area (Å²) in [5, 5.41) is 0. The topological polar surface area (TPSA) is 0 Å². The van der Waals surface area contributed by atoms with Crippen LogP contribution in [0.15, 0.2) is 0 Å². The molecule has 0 aromatic heterocycles. The molecule has 0 aromatic rings. The molecule has 0 spiro atoms. The molecule has 0 aromatic carbocycles. The van der Waals surface area contributed by atoms with E-state index < -0.39 is 0 Å². The van der Waals surface area contributed by atoms with Crippen molar-refractivity contribution >= 4 is 0 Å². The Morgan fingerprint density at radius 1 is 0.562 bits per heavy atom. The quantitative estimate of drug-likeness (QED) is 0.463. The molecule has 16 heavy (non-hydrogen) atoms. The summed E-state index contributed by atoms with van der Waals surface area (Å²) in [5.41, 5.74) is 0. The molecule has 0 atom stereocenters. The van der Waals surface area contributed by atoms with Gasteiger partial charge in [-0.1, -0.05) is 103 Å². The van der Waals surface area contributed by atoms with Gasteiger partial charge in [0.1, 0.15) is 0 Å². The molecule has 0 saturated carbocycles. The molecule has 0 radical (unpaired) electrons. The van der Waals surface area contributed by atoms with Gasteiger partial charge in [0.15, 0.2) is 0 Å². The Bertz CT molecular complexity index is 21.2. The normalized spacial score (nSPS) is 5.62. The SMILES string of the molecule is CC.CC.CC.CC.CC.CCCC(C)C. The third kappa shape index (κ3) is 263. The van der Waals surface area contributed by atoms with Crippen molar-refractivity contribution < 1.29 is 0 Å². The minimum absolute atomic E-state index is 0.898. The number of rotatable bonds is 2. The first-order valence-electron chi connectivity index (χ1n) is 7.77. The molecule has 0 rings (SSSR count). The second-order valence-corrected chi connectivity index (χ2v) is 2.18. The molecule has 108 valence electrons. The Morgan fingerprint density at radius 2 is 0.750 bits per heavy atom. The van der Waals surface area contributed by atoms with E-state index in [1.807, 2.05) is 69.2 Å². The second-order valence-electron chi connectivity index (χ2n) is 2.18. The average Bonchev–Trinajstić information content (AvgIpc) is 2.41. The van der Waals surface area contributed by atoms with Crippen LogP contribution in [0.5, 0.6) is 0 Å². The van der Waals surface area contributed by atoms with Gasteiger partial charge in [-0.2, -0.15) is 0 Å². The van der Waals surface area contributed by atoms with Gasteiger partial charge in [-0.15, -0.1) is 0 Å². The van der Waals surface area contributed by atoms with E-state index in [2.05, 4.69) is 20.8 Å². The highest BCUT2D eigenvalue weighted by Gasteiger charge is 1.85. The first kappa shape index (κ1) is 36.0. The highest BCUT2D eigenvalue weighted by molar-refractivity contribution is 4.38. The van der Waals surface area contributed by atoms with E-state index in [4.69, 9.17) is 0 Å². The van der Waals surface area contributed by atoms with E-state index in [1.54, 1.807) is 0 Å². The predicted molar refractivity (Wildman–Crippen MR) is 86.5 cm³/mol. The maximum absolute atomic E-state index is 2.25. The number of hydrogen-bond acceptors (Lipinski definition) is 0. The molecule has 0 bridgehead atoms. The summed E-state index contributed by atoms with van der Waals surface area (Å²) in [6.45, 7) is 26.7. The molecule has 0 N–H and O–H groups in total. The van der Waals surface area contributed by atoms with Crippen LogP contribution < -0.4 is 0 Å². The van der Waals surface area contributed by atoms with E-state index in [0.29, 0.717) is 0 Å². The fourth-order valence-electron chi connectivity index (χ4n) is 0.577. The van der Waals surface area contributed by atoms with E-state index in [0.717, 1.165) is 5.92 Å². The minimum Gasteiger partial charge on any atom is -0.0683 e. The van der Waals surface area contributed by atoms with Crippen molar-refractivity contribution in [2.75, 3.05) is 0 Å². The van der Waals surface area contributed by atoms with Gasteiger partial charge >= 0.3 is 0 Å². The molecule has 0 aliphatic rings.